The van der Waals surface area contributed by atoms with Crippen molar-refractivity contribution in [2.24, 2.45) is 0 Å². The fourth-order valence-corrected chi connectivity index (χ4v) is 3.00. The van der Waals surface area contributed by atoms with Crippen molar-refractivity contribution in [1.82, 2.24) is 14.8 Å². The first kappa shape index (κ1) is 15.7. The van der Waals surface area contributed by atoms with E-state index in [-0.39, 0.29) is 24.3 Å². The lowest BCUT2D eigenvalue weighted by atomic mass is 9.92. The zero-order valence-corrected chi connectivity index (χ0v) is 13.2. The monoisotopic (exact) mass is 322 g/mol. The summed E-state index contributed by atoms with van der Waals surface area (Å²) in [7, 11) is 0. The molecule has 0 bridgehead atoms. The summed E-state index contributed by atoms with van der Waals surface area (Å²) in [5, 5.41) is 7.51. The van der Waals surface area contributed by atoms with Crippen LogP contribution in [0.2, 0.25) is 0 Å². The van der Waals surface area contributed by atoms with Gasteiger partial charge in [0.2, 0.25) is 5.92 Å². The summed E-state index contributed by atoms with van der Waals surface area (Å²) >= 11 is 0. The summed E-state index contributed by atoms with van der Waals surface area (Å²) in [6.45, 7) is 3.79. The van der Waals surface area contributed by atoms with Gasteiger partial charge in [0, 0.05) is 36.7 Å². The molecule has 0 saturated heterocycles. The number of hydrogen-bond acceptors (Lipinski definition) is 3. The number of pyridine rings is 1. The molecule has 0 radical (unpaired) electrons. The van der Waals surface area contributed by atoms with Crippen LogP contribution < -0.4 is 10.7 Å². The molecule has 124 valence electrons. The Morgan fingerprint density at radius 1 is 1.26 bits per heavy atom. The number of rotatable bonds is 3. The Morgan fingerprint density at radius 3 is 2.57 bits per heavy atom. The first-order valence-electron chi connectivity index (χ1n) is 7.75. The molecule has 2 aromatic rings. The molecule has 1 aliphatic rings. The van der Waals surface area contributed by atoms with Gasteiger partial charge in [-0.05, 0) is 32.8 Å². The van der Waals surface area contributed by atoms with Gasteiger partial charge in [-0.2, -0.15) is 5.10 Å². The van der Waals surface area contributed by atoms with Crippen LogP contribution in [0.4, 0.5) is 14.6 Å². The molecule has 0 aromatic carbocycles. The van der Waals surface area contributed by atoms with Crippen molar-refractivity contribution in [3.63, 3.8) is 0 Å². The summed E-state index contributed by atoms with van der Waals surface area (Å²) in [5.41, 5.74) is 1.61. The van der Waals surface area contributed by atoms with Gasteiger partial charge in [0.15, 0.2) is 5.43 Å². The normalized spacial score (nSPS) is 18.1. The SMILES string of the molecule is Cc1cc(C)n(-c2cc(=O)cc(NC3CCC(F)(F)CC3)[nH]2)n1. The van der Waals surface area contributed by atoms with Gasteiger partial charge in [-0.1, -0.05) is 0 Å². The number of aryl methyl sites for hydroxylation is 2. The number of aromatic amines is 1. The van der Waals surface area contributed by atoms with Crippen LogP contribution in [0.1, 0.15) is 37.1 Å². The summed E-state index contributed by atoms with van der Waals surface area (Å²) < 4.78 is 28.1. The highest BCUT2D eigenvalue weighted by Crippen LogP contribution is 2.33. The van der Waals surface area contributed by atoms with E-state index in [1.807, 2.05) is 19.9 Å². The number of anilines is 1. The first-order chi connectivity index (χ1) is 10.8. The maximum Gasteiger partial charge on any atom is 0.248 e. The molecule has 3 rings (SSSR count). The van der Waals surface area contributed by atoms with Crippen molar-refractivity contribution in [1.29, 1.82) is 0 Å². The molecule has 1 aliphatic carbocycles. The number of halogens is 2. The van der Waals surface area contributed by atoms with Crippen LogP contribution in [0.3, 0.4) is 0 Å². The standard InChI is InChI=1S/C16H20F2N4O/c1-10-7-11(2)22(21-10)15-9-13(23)8-14(20-15)19-12-3-5-16(17,18)6-4-12/h7-9,12H,3-6H2,1-2H3,(H2,19,20,23). The van der Waals surface area contributed by atoms with E-state index in [9.17, 15) is 13.6 Å². The minimum absolute atomic E-state index is 0.0546. The fraction of sp³-hybridized carbons (Fsp3) is 0.500. The van der Waals surface area contributed by atoms with Crippen molar-refractivity contribution in [2.75, 3.05) is 5.32 Å². The molecular formula is C16H20F2N4O. The lowest BCUT2D eigenvalue weighted by Crippen LogP contribution is -2.32. The second-order valence-corrected chi connectivity index (χ2v) is 6.23. The molecule has 2 aromatic heterocycles. The average Bonchev–Trinajstić information content (AvgIpc) is 2.79. The second-order valence-electron chi connectivity index (χ2n) is 6.23. The van der Waals surface area contributed by atoms with E-state index in [0.717, 1.165) is 11.4 Å². The van der Waals surface area contributed by atoms with E-state index in [1.54, 1.807) is 4.68 Å². The fourth-order valence-electron chi connectivity index (χ4n) is 3.00. The number of hydrogen-bond donors (Lipinski definition) is 2. The molecule has 5 nitrogen and oxygen atoms in total. The smallest absolute Gasteiger partial charge is 0.248 e. The van der Waals surface area contributed by atoms with Crippen LogP contribution >= 0.6 is 0 Å². The van der Waals surface area contributed by atoms with Crippen molar-refractivity contribution in [3.8, 4) is 5.82 Å². The Bertz CT molecular complexity index is 756. The number of nitrogens with one attached hydrogen (secondary N) is 2. The molecule has 2 heterocycles. The number of alkyl halides is 2. The molecule has 23 heavy (non-hydrogen) atoms. The lowest BCUT2D eigenvalue weighted by Gasteiger charge is -2.29. The molecule has 2 N–H and O–H groups in total. The molecular weight excluding hydrogens is 302 g/mol. The van der Waals surface area contributed by atoms with Gasteiger partial charge < -0.3 is 10.3 Å². The number of aromatic nitrogens is 3. The van der Waals surface area contributed by atoms with E-state index in [4.69, 9.17) is 0 Å². The Kier molecular flexibility index (Phi) is 3.95. The molecule has 0 aliphatic heterocycles. The van der Waals surface area contributed by atoms with E-state index < -0.39 is 5.92 Å². The first-order valence-corrected chi connectivity index (χ1v) is 7.75. The highest BCUT2D eigenvalue weighted by Gasteiger charge is 2.34. The Labute approximate surface area is 132 Å². The highest BCUT2D eigenvalue weighted by atomic mass is 19.3. The van der Waals surface area contributed by atoms with Gasteiger partial charge in [-0.3, -0.25) is 4.79 Å². The van der Waals surface area contributed by atoms with Crippen LogP contribution in [0.5, 0.6) is 0 Å². The van der Waals surface area contributed by atoms with Crippen LogP contribution in [0, 0.1) is 13.8 Å². The van der Waals surface area contributed by atoms with Crippen molar-refractivity contribution in [3.05, 3.63) is 39.8 Å². The van der Waals surface area contributed by atoms with Crippen LogP contribution in [-0.4, -0.2) is 26.7 Å². The van der Waals surface area contributed by atoms with E-state index in [1.165, 1.54) is 12.1 Å². The van der Waals surface area contributed by atoms with Gasteiger partial charge in [-0.25, -0.2) is 13.5 Å². The summed E-state index contributed by atoms with van der Waals surface area (Å²) in [6.07, 6.45) is 0.538. The summed E-state index contributed by atoms with van der Waals surface area (Å²) in [4.78, 5) is 15.1. The predicted octanol–water partition coefficient (Wildman–Crippen LogP) is 3.17. The summed E-state index contributed by atoms with van der Waals surface area (Å²) in [5.74, 6) is -1.46. The molecule has 0 unspecified atom stereocenters. The minimum atomic E-state index is -2.56. The Hall–Kier alpha value is -2.18. The van der Waals surface area contributed by atoms with Gasteiger partial charge in [0.1, 0.15) is 11.6 Å². The third kappa shape index (κ3) is 3.60. The Morgan fingerprint density at radius 2 is 1.96 bits per heavy atom. The van der Waals surface area contributed by atoms with Gasteiger partial charge in [0.05, 0.1) is 5.69 Å². The third-order valence-electron chi connectivity index (χ3n) is 4.14. The molecule has 7 heteroatoms. The molecule has 0 amide bonds. The minimum Gasteiger partial charge on any atom is -0.369 e. The van der Waals surface area contributed by atoms with Gasteiger partial charge >= 0.3 is 0 Å². The lowest BCUT2D eigenvalue weighted by molar-refractivity contribution is -0.0361. The van der Waals surface area contributed by atoms with Crippen molar-refractivity contribution < 1.29 is 8.78 Å². The average molecular weight is 322 g/mol. The van der Waals surface area contributed by atoms with Crippen LogP contribution in [0.15, 0.2) is 23.0 Å². The predicted molar refractivity (Wildman–Crippen MR) is 84.5 cm³/mol. The van der Waals surface area contributed by atoms with Crippen molar-refractivity contribution in [2.45, 2.75) is 51.5 Å². The summed E-state index contributed by atoms with van der Waals surface area (Å²) in [6, 6.07) is 4.78. The number of nitrogens with zero attached hydrogens (tertiary/aromatic N) is 2. The topological polar surface area (TPSA) is 62.7 Å². The van der Waals surface area contributed by atoms with E-state index in [0.29, 0.717) is 24.5 Å². The second kappa shape index (κ2) is 5.79. The highest BCUT2D eigenvalue weighted by molar-refractivity contribution is 5.41. The third-order valence-corrected chi connectivity index (χ3v) is 4.14. The van der Waals surface area contributed by atoms with Gasteiger partial charge in [0.25, 0.3) is 0 Å². The van der Waals surface area contributed by atoms with Crippen LogP contribution in [0.25, 0.3) is 5.82 Å². The quantitative estimate of drug-likeness (QED) is 0.912. The van der Waals surface area contributed by atoms with E-state index >= 15 is 0 Å². The van der Waals surface area contributed by atoms with Crippen molar-refractivity contribution >= 4 is 5.82 Å². The van der Waals surface area contributed by atoms with Gasteiger partial charge in [-0.15, -0.1) is 0 Å². The van der Waals surface area contributed by atoms with E-state index in [2.05, 4.69) is 15.4 Å². The largest absolute Gasteiger partial charge is 0.369 e. The maximum atomic E-state index is 13.2. The molecule has 1 saturated carbocycles. The number of H-pyrrole nitrogens is 1. The molecule has 1 fully saturated rings. The maximum absolute atomic E-state index is 13.2. The Balaban J connectivity index is 1.81. The zero-order valence-electron chi connectivity index (χ0n) is 13.2. The molecule has 0 spiro atoms. The zero-order chi connectivity index (χ0) is 16.6. The van der Waals surface area contributed by atoms with Crippen LogP contribution in [-0.2, 0) is 0 Å². The molecule has 0 atom stereocenters.